The highest BCUT2D eigenvalue weighted by molar-refractivity contribution is 5.23. The van der Waals surface area contributed by atoms with Crippen LogP contribution in [0.15, 0.2) is 24.3 Å². The van der Waals surface area contributed by atoms with Crippen LogP contribution < -0.4 is 11.3 Å². The zero-order valence-electron chi connectivity index (χ0n) is 9.96. The van der Waals surface area contributed by atoms with Gasteiger partial charge in [-0.15, -0.1) is 0 Å². The lowest BCUT2D eigenvalue weighted by Crippen LogP contribution is -2.40. The number of rotatable bonds is 5. The summed E-state index contributed by atoms with van der Waals surface area (Å²) in [5, 5.41) is 0. The van der Waals surface area contributed by atoms with E-state index in [-0.39, 0.29) is 0 Å². The van der Waals surface area contributed by atoms with Crippen molar-refractivity contribution in [1.82, 2.24) is 5.43 Å². The molecule has 0 aliphatic rings. The molecule has 2 heteroatoms. The molecule has 0 radical (unpaired) electrons. The Labute approximate surface area is 92.8 Å². The fourth-order valence-electron chi connectivity index (χ4n) is 1.65. The Bertz CT molecular complexity index is 277. The van der Waals surface area contributed by atoms with Gasteiger partial charge in [-0.25, -0.2) is 0 Å². The van der Waals surface area contributed by atoms with E-state index in [1.165, 1.54) is 11.1 Å². The van der Waals surface area contributed by atoms with Crippen molar-refractivity contribution in [2.45, 2.75) is 39.7 Å². The number of nitrogens with two attached hydrogens (primary N) is 1. The van der Waals surface area contributed by atoms with Crippen LogP contribution >= 0.6 is 0 Å². The van der Waals surface area contributed by atoms with Crippen molar-refractivity contribution in [2.24, 2.45) is 11.8 Å². The summed E-state index contributed by atoms with van der Waals surface area (Å²) < 4.78 is 0. The van der Waals surface area contributed by atoms with Crippen LogP contribution in [0.25, 0.3) is 0 Å². The zero-order valence-corrected chi connectivity index (χ0v) is 9.96. The van der Waals surface area contributed by atoms with E-state index in [2.05, 4.69) is 50.5 Å². The number of hydrogen-bond donors (Lipinski definition) is 2. The molecule has 1 atom stereocenters. The number of aryl methyl sites for hydroxylation is 1. The van der Waals surface area contributed by atoms with Gasteiger partial charge in [0.15, 0.2) is 0 Å². The van der Waals surface area contributed by atoms with Gasteiger partial charge in [-0.2, -0.15) is 0 Å². The molecule has 1 aromatic rings. The van der Waals surface area contributed by atoms with E-state index in [9.17, 15) is 0 Å². The first kappa shape index (κ1) is 12.2. The fraction of sp³-hybridized carbons (Fsp3) is 0.538. The minimum Gasteiger partial charge on any atom is -0.271 e. The average Bonchev–Trinajstić information content (AvgIpc) is 2.26. The van der Waals surface area contributed by atoms with E-state index >= 15 is 0 Å². The molecule has 3 N–H and O–H groups in total. The molecule has 15 heavy (non-hydrogen) atoms. The summed E-state index contributed by atoms with van der Waals surface area (Å²) in [4.78, 5) is 0. The molecule has 0 aliphatic carbocycles. The topological polar surface area (TPSA) is 38.0 Å². The maximum absolute atomic E-state index is 5.53. The van der Waals surface area contributed by atoms with Crippen molar-refractivity contribution in [2.75, 3.05) is 0 Å². The Morgan fingerprint density at radius 1 is 1.13 bits per heavy atom. The first-order valence-electron chi connectivity index (χ1n) is 5.71. The predicted octanol–water partition coefficient (Wildman–Crippen LogP) is 2.28. The fourth-order valence-corrected chi connectivity index (χ4v) is 1.65. The van der Waals surface area contributed by atoms with Gasteiger partial charge in [-0.1, -0.05) is 45.0 Å². The average molecular weight is 206 g/mol. The van der Waals surface area contributed by atoms with Crippen LogP contribution in [-0.2, 0) is 12.8 Å². The molecule has 0 bridgehead atoms. The standard InChI is InChI=1S/C13H22N2/c1-4-11-5-7-12(8-6-11)9-13(15-14)10(2)3/h5-8,10,13,15H,4,9,14H2,1-3H3. The highest BCUT2D eigenvalue weighted by atomic mass is 15.2. The molecule has 1 unspecified atom stereocenters. The Kier molecular flexibility index (Phi) is 4.79. The Morgan fingerprint density at radius 2 is 1.67 bits per heavy atom. The van der Waals surface area contributed by atoms with Crippen molar-refractivity contribution in [3.63, 3.8) is 0 Å². The van der Waals surface area contributed by atoms with Gasteiger partial charge in [0, 0.05) is 6.04 Å². The van der Waals surface area contributed by atoms with Crippen molar-refractivity contribution < 1.29 is 0 Å². The number of hydrogen-bond acceptors (Lipinski definition) is 2. The van der Waals surface area contributed by atoms with Crippen molar-refractivity contribution in [3.8, 4) is 0 Å². The van der Waals surface area contributed by atoms with Crippen molar-refractivity contribution in [3.05, 3.63) is 35.4 Å². The molecule has 0 saturated heterocycles. The highest BCUT2D eigenvalue weighted by Gasteiger charge is 2.11. The molecule has 2 nitrogen and oxygen atoms in total. The van der Waals surface area contributed by atoms with Gasteiger partial charge in [0.25, 0.3) is 0 Å². The van der Waals surface area contributed by atoms with Gasteiger partial charge >= 0.3 is 0 Å². The smallest absolute Gasteiger partial charge is 0.0273 e. The molecular weight excluding hydrogens is 184 g/mol. The van der Waals surface area contributed by atoms with Crippen LogP contribution in [0.5, 0.6) is 0 Å². The summed E-state index contributed by atoms with van der Waals surface area (Å²) in [7, 11) is 0. The SMILES string of the molecule is CCc1ccc(CC(NN)C(C)C)cc1. The summed E-state index contributed by atoms with van der Waals surface area (Å²) in [6, 6.07) is 9.15. The van der Waals surface area contributed by atoms with Gasteiger partial charge in [-0.05, 0) is 29.9 Å². The van der Waals surface area contributed by atoms with Crippen LogP contribution in [0.4, 0.5) is 0 Å². The summed E-state index contributed by atoms with van der Waals surface area (Å²) in [5.74, 6) is 6.08. The van der Waals surface area contributed by atoms with Crippen molar-refractivity contribution in [1.29, 1.82) is 0 Å². The lowest BCUT2D eigenvalue weighted by atomic mass is 9.96. The second-order valence-corrected chi connectivity index (χ2v) is 4.39. The van der Waals surface area contributed by atoms with E-state index in [1.807, 2.05) is 0 Å². The van der Waals surface area contributed by atoms with E-state index < -0.39 is 0 Å². The monoisotopic (exact) mass is 206 g/mol. The van der Waals surface area contributed by atoms with Gasteiger partial charge in [0.2, 0.25) is 0 Å². The number of benzene rings is 1. The molecule has 0 fully saturated rings. The van der Waals surface area contributed by atoms with E-state index in [1.54, 1.807) is 0 Å². The molecule has 0 spiro atoms. The third kappa shape index (κ3) is 3.65. The lowest BCUT2D eigenvalue weighted by Gasteiger charge is -2.19. The molecule has 1 aromatic carbocycles. The van der Waals surface area contributed by atoms with Crippen molar-refractivity contribution >= 4 is 0 Å². The Hall–Kier alpha value is -0.860. The first-order chi connectivity index (χ1) is 7.17. The largest absolute Gasteiger partial charge is 0.271 e. The number of hydrazine groups is 1. The zero-order chi connectivity index (χ0) is 11.3. The highest BCUT2D eigenvalue weighted by Crippen LogP contribution is 2.11. The summed E-state index contributed by atoms with van der Waals surface area (Å²) in [6.07, 6.45) is 2.10. The van der Waals surface area contributed by atoms with E-state index in [0.29, 0.717) is 12.0 Å². The van der Waals surface area contributed by atoms with Crippen LogP contribution in [0.1, 0.15) is 31.9 Å². The molecule has 0 heterocycles. The number of nitrogens with one attached hydrogen (secondary N) is 1. The maximum atomic E-state index is 5.53. The van der Waals surface area contributed by atoms with Crippen LogP contribution in [-0.4, -0.2) is 6.04 Å². The Balaban J connectivity index is 2.63. The predicted molar refractivity (Wildman–Crippen MR) is 65.5 cm³/mol. The molecule has 0 aliphatic heterocycles. The quantitative estimate of drug-likeness (QED) is 0.573. The van der Waals surface area contributed by atoms with Gasteiger partial charge < -0.3 is 0 Å². The second kappa shape index (κ2) is 5.89. The minimum atomic E-state index is 0.359. The molecule has 0 saturated carbocycles. The third-order valence-electron chi connectivity index (χ3n) is 2.91. The first-order valence-corrected chi connectivity index (χ1v) is 5.71. The minimum absolute atomic E-state index is 0.359. The Morgan fingerprint density at radius 3 is 2.07 bits per heavy atom. The molecule has 0 aromatic heterocycles. The van der Waals surface area contributed by atoms with Gasteiger partial charge in [-0.3, -0.25) is 11.3 Å². The summed E-state index contributed by atoms with van der Waals surface area (Å²) in [5.41, 5.74) is 5.62. The normalized spacial score (nSPS) is 13.1. The summed E-state index contributed by atoms with van der Waals surface area (Å²) >= 11 is 0. The van der Waals surface area contributed by atoms with Crippen LogP contribution in [0, 0.1) is 5.92 Å². The van der Waals surface area contributed by atoms with Gasteiger partial charge in [0.05, 0.1) is 0 Å². The molecule has 0 amide bonds. The van der Waals surface area contributed by atoms with Gasteiger partial charge in [0.1, 0.15) is 0 Å². The molecule has 84 valence electrons. The van der Waals surface area contributed by atoms with Crippen LogP contribution in [0.2, 0.25) is 0 Å². The second-order valence-electron chi connectivity index (χ2n) is 4.39. The summed E-state index contributed by atoms with van der Waals surface area (Å²) in [6.45, 7) is 6.54. The van der Waals surface area contributed by atoms with E-state index in [0.717, 1.165) is 12.8 Å². The van der Waals surface area contributed by atoms with Crippen LogP contribution in [0.3, 0.4) is 0 Å². The maximum Gasteiger partial charge on any atom is 0.0273 e. The lowest BCUT2D eigenvalue weighted by molar-refractivity contribution is 0.404. The molecule has 1 rings (SSSR count). The molecular formula is C13H22N2. The van der Waals surface area contributed by atoms with E-state index in [4.69, 9.17) is 5.84 Å². The third-order valence-corrected chi connectivity index (χ3v) is 2.91.